The number of aromatic nitrogens is 2. The zero-order chi connectivity index (χ0) is 15.5. The van der Waals surface area contributed by atoms with E-state index in [2.05, 4.69) is 71.8 Å². The number of hydrogen-bond donors (Lipinski definition) is 1. The van der Waals surface area contributed by atoms with Gasteiger partial charge in [-0.25, -0.2) is 0 Å². The molecule has 4 nitrogen and oxygen atoms in total. The van der Waals surface area contributed by atoms with Crippen LogP contribution in [0.5, 0.6) is 0 Å². The first kappa shape index (κ1) is 17.4. The van der Waals surface area contributed by atoms with Crippen LogP contribution in [0.25, 0.3) is 10.8 Å². The summed E-state index contributed by atoms with van der Waals surface area (Å²) in [6.07, 6.45) is 0.768. The van der Waals surface area contributed by atoms with Crippen molar-refractivity contribution in [2.45, 2.75) is 32.2 Å². The van der Waals surface area contributed by atoms with E-state index in [-0.39, 0.29) is 18.3 Å². The number of halogens is 1. The molecular weight excluding hydrogens is 310 g/mol. The minimum atomic E-state index is 0. The third kappa shape index (κ3) is 3.89. The summed E-state index contributed by atoms with van der Waals surface area (Å²) >= 11 is 0. The molecule has 2 unspecified atom stereocenters. The second-order valence-electron chi connectivity index (χ2n) is 5.77. The number of fused-ring (bicyclic) bond motifs is 1. The molecule has 0 aliphatic rings. The van der Waals surface area contributed by atoms with E-state index in [1.807, 2.05) is 7.05 Å². The lowest BCUT2D eigenvalue weighted by Gasteiger charge is -2.08. The van der Waals surface area contributed by atoms with Gasteiger partial charge in [0.1, 0.15) is 0 Å². The van der Waals surface area contributed by atoms with Gasteiger partial charge in [-0.3, -0.25) is 0 Å². The number of benzene rings is 2. The zero-order valence-electron chi connectivity index (χ0n) is 13.6. The average molecular weight is 332 g/mol. The van der Waals surface area contributed by atoms with Crippen molar-refractivity contribution >= 4 is 23.2 Å². The van der Waals surface area contributed by atoms with E-state index in [0.717, 1.165) is 12.2 Å². The number of likely N-dealkylation sites (N-methyl/N-ethyl adjacent to an activating group) is 1. The maximum Gasteiger partial charge on any atom is 0.233 e. The van der Waals surface area contributed by atoms with Crippen LogP contribution >= 0.6 is 12.4 Å². The molecule has 0 amide bonds. The highest BCUT2D eigenvalue weighted by atomic mass is 35.5. The number of nitrogens with zero attached hydrogens (tertiary/aromatic N) is 2. The molecule has 1 N–H and O–H groups in total. The quantitative estimate of drug-likeness (QED) is 0.769. The Morgan fingerprint density at radius 2 is 1.83 bits per heavy atom. The molecule has 0 spiro atoms. The van der Waals surface area contributed by atoms with Crippen LogP contribution in [0.3, 0.4) is 0 Å². The van der Waals surface area contributed by atoms with Crippen molar-refractivity contribution in [3.63, 3.8) is 0 Å². The first-order valence-electron chi connectivity index (χ1n) is 7.66. The third-order valence-corrected chi connectivity index (χ3v) is 4.11. The SMILES string of the molecule is CNC(C)Cc1noc(C(C)c2ccc3ccccc3c2)n1.Cl. The van der Waals surface area contributed by atoms with Gasteiger partial charge in [0, 0.05) is 12.5 Å². The van der Waals surface area contributed by atoms with Crippen LogP contribution < -0.4 is 5.32 Å². The van der Waals surface area contributed by atoms with Crippen molar-refractivity contribution in [2.24, 2.45) is 0 Å². The van der Waals surface area contributed by atoms with E-state index < -0.39 is 0 Å². The van der Waals surface area contributed by atoms with E-state index >= 15 is 0 Å². The van der Waals surface area contributed by atoms with Crippen molar-refractivity contribution in [1.29, 1.82) is 0 Å². The minimum Gasteiger partial charge on any atom is -0.339 e. The molecule has 2 aromatic carbocycles. The van der Waals surface area contributed by atoms with Gasteiger partial charge < -0.3 is 9.84 Å². The fraction of sp³-hybridized carbons (Fsp3) is 0.333. The Morgan fingerprint density at radius 3 is 2.57 bits per heavy atom. The molecule has 23 heavy (non-hydrogen) atoms. The van der Waals surface area contributed by atoms with Crippen LogP contribution in [0, 0.1) is 0 Å². The first-order chi connectivity index (χ1) is 10.7. The highest BCUT2D eigenvalue weighted by Crippen LogP contribution is 2.26. The van der Waals surface area contributed by atoms with Crippen molar-refractivity contribution in [3.05, 3.63) is 59.7 Å². The molecule has 0 fully saturated rings. The maximum absolute atomic E-state index is 5.45. The lowest BCUT2D eigenvalue weighted by molar-refractivity contribution is 0.364. The van der Waals surface area contributed by atoms with E-state index in [9.17, 15) is 0 Å². The van der Waals surface area contributed by atoms with Crippen LogP contribution in [-0.2, 0) is 6.42 Å². The standard InChI is InChI=1S/C18H21N3O.ClH/c1-12(19-3)10-17-20-18(22-21-17)13(2)15-9-8-14-6-4-5-7-16(14)11-15;/h4-9,11-13,19H,10H2,1-3H3;1H. The van der Waals surface area contributed by atoms with E-state index in [0.29, 0.717) is 11.9 Å². The molecule has 0 bridgehead atoms. The van der Waals surface area contributed by atoms with Crippen molar-refractivity contribution in [3.8, 4) is 0 Å². The molecule has 2 atom stereocenters. The normalized spacial score (nSPS) is 13.5. The molecule has 3 aromatic rings. The lowest BCUT2D eigenvalue weighted by atomic mass is 9.98. The second-order valence-corrected chi connectivity index (χ2v) is 5.77. The summed E-state index contributed by atoms with van der Waals surface area (Å²) in [5.41, 5.74) is 1.19. The Hall–Kier alpha value is -1.91. The predicted octanol–water partition coefficient (Wildman–Crippen LogP) is 3.95. The third-order valence-electron chi connectivity index (χ3n) is 4.11. The van der Waals surface area contributed by atoms with Gasteiger partial charge in [-0.05, 0) is 37.2 Å². The van der Waals surface area contributed by atoms with E-state index in [1.54, 1.807) is 0 Å². The van der Waals surface area contributed by atoms with Gasteiger partial charge in [0.25, 0.3) is 0 Å². The maximum atomic E-state index is 5.45. The van der Waals surface area contributed by atoms with Gasteiger partial charge in [-0.2, -0.15) is 4.98 Å². The number of hydrogen-bond acceptors (Lipinski definition) is 4. The summed E-state index contributed by atoms with van der Waals surface area (Å²) < 4.78 is 5.45. The second kappa shape index (κ2) is 7.57. The van der Waals surface area contributed by atoms with E-state index in [4.69, 9.17) is 4.52 Å². The summed E-state index contributed by atoms with van der Waals surface area (Å²) in [4.78, 5) is 4.54. The fourth-order valence-corrected chi connectivity index (χ4v) is 2.52. The van der Waals surface area contributed by atoms with Gasteiger partial charge in [-0.15, -0.1) is 12.4 Å². The summed E-state index contributed by atoms with van der Waals surface area (Å²) in [6, 6.07) is 15.2. The predicted molar refractivity (Wildman–Crippen MR) is 95.2 cm³/mol. The van der Waals surface area contributed by atoms with Gasteiger partial charge in [0.05, 0.1) is 5.92 Å². The minimum absolute atomic E-state index is 0. The average Bonchev–Trinajstić information content (AvgIpc) is 3.02. The van der Waals surface area contributed by atoms with Crippen molar-refractivity contribution in [1.82, 2.24) is 15.5 Å². The van der Waals surface area contributed by atoms with Crippen LogP contribution in [-0.4, -0.2) is 23.2 Å². The zero-order valence-corrected chi connectivity index (χ0v) is 14.4. The monoisotopic (exact) mass is 331 g/mol. The smallest absolute Gasteiger partial charge is 0.233 e. The Balaban J connectivity index is 0.00000192. The summed E-state index contributed by atoms with van der Waals surface area (Å²) in [5.74, 6) is 1.52. The van der Waals surface area contributed by atoms with Crippen LogP contribution in [0.15, 0.2) is 47.0 Å². The van der Waals surface area contributed by atoms with Gasteiger partial charge in [-0.1, -0.05) is 47.6 Å². The molecular formula is C18H22ClN3O. The molecule has 0 saturated carbocycles. The van der Waals surface area contributed by atoms with Crippen LogP contribution in [0.2, 0.25) is 0 Å². The van der Waals surface area contributed by atoms with Gasteiger partial charge in [0.15, 0.2) is 5.82 Å². The Morgan fingerprint density at radius 1 is 1.09 bits per heavy atom. The molecule has 0 aliphatic carbocycles. The first-order valence-corrected chi connectivity index (χ1v) is 7.66. The van der Waals surface area contributed by atoms with Gasteiger partial charge >= 0.3 is 0 Å². The largest absolute Gasteiger partial charge is 0.339 e. The Kier molecular flexibility index (Phi) is 5.74. The molecule has 0 saturated heterocycles. The summed E-state index contributed by atoms with van der Waals surface area (Å²) in [5, 5.41) is 9.74. The molecule has 1 heterocycles. The molecule has 5 heteroatoms. The molecule has 3 rings (SSSR count). The fourth-order valence-electron chi connectivity index (χ4n) is 2.52. The lowest BCUT2D eigenvalue weighted by Crippen LogP contribution is -2.24. The molecule has 1 aromatic heterocycles. The molecule has 0 radical (unpaired) electrons. The van der Waals surface area contributed by atoms with Crippen LogP contribution in [0.4, 0.5) is 0 Å². The van der Waals surface area contributed by atoms with Crippen molar-refractivity contribution in [2.75, 3.05) is 7.05 Å². The molecule has 122 valence electrons. The number of nitrogens with one attached hydrogen (secondary N) is 1. The van der Waals surface area contributed by atoms with Gasteiger partial charge in [0.2, 0.25) is 5.89 Å². The van der Waals surface area contributed by atoms with E-state index in [1.165, 1.54) is 16.3 Å². The topological polar surface area (TPSA) is 51.0 Å². The van der Waals surface area contributed by atoms with Crippen LogP contribution in [0.1, 0.15) is 37.0 Å². The molecule has 0 aliphatic heterocycles. The Labute approximate surface area is 142 Å². The highest BCUT2D eigenvalue weighted by molar-refractivity contribution is 5.85. The summed E-state index contributed by atoms with van der Waals surface area (Å²) in [6.45, 7) is 4.20. The Bertz CT molecular complexity index is 772. The summed E-state index contributed by atoms with van der Waals surface area (Å²) in [7, 11) is 1.93. The number of rotatable bonds is 5. The highest BCUT2D eigenvalue weighted by Gasteiger charge is 2.17. The van der Waals surface area contributed by atoms with Crippen molar-refractivity contribution < 1.29 is 4.52 Å².